The van der Waals surface area contributed by atoms with Crippen LogP contribution in [0.2, 0.25) is 0 Å². The van der Waals surface area contributed by atoms with Gasteiger partial charge in [0, 0.05) is 49.6 Å². The van der Waals surface area contributed by atoms with Gasteiger partial charge in [-0.2, -0.15) is 5.10 Å². The molecule has 1 aliphatic rings. The monoisotopic (exact) mass is 353 g/mol. The second-order valence-corrected chi connectivity index (χ2v) is 6.25. The minimum Gasteiger partial charge on any atom is -0.471 e. The van der Waals surface area contributed by atoms with Crippen molar-refractivity contribution >= 4 is 5.91 Å². The van der Waals surface area contributed by atoms with Crippen molar-refractivity contribution in [2.75, 3.05) is 6.54 Å². The largest absolute Gasteiger partial charge is 0.471 e. The lowest BCUT2D eigenvalue weighted by Gasteiger charge is -2.27. The summed E-state index contributed by atoms with van der Waals surface area (Å²) >= 11 is 0. The van der Waals surface area contributed by atoms with Crippen molar-refractivity contribution in [1.82, 2.24) is 24.6 Å². The number of aromatic nitrogens is 4. The molecular weight excluding hydrogens is 334 g/mol. The molecule has 0 bridgehead atoms. The Morgan fingerprint density at radius 2 is 2.27 bits per heavy atom. The Kier molecular flexibility index (Phi) is 4.16. The van der Waals surface area contributed by atoms with Crippen molar-refractivity contribution in [2.24, 2.45) is 7.05 Å². The first-order valence-electron chi connectivity index (χ1n) is 8.39. The molecule has 0 N–H and O–H groups in total. The molecule has 4 rings (SSSR count). The number of oxazole rings is 1. The van der Waals surface area contributed by atoms with Gasteiger partial charge < -0.3 is 14.1 Å². The lowest BCUT2D eigenvalue weighted by molar-refractivity contribution is 0.0726. The molecule has 8 heteroatoms. The van der Waals surface area contributed by atoms with Gasteiger partial charge in [0.1, 0.15) is 18.6 Å². The Hall–Kier alpha value is -3.16. The van der Waals surface area contributed by atoms with Crippen molar-refractivity contribution < 1.29 is 13.9 Å². The first kappa shape index (κ1) is 16.3. The summed E-state index contributed by atoms with van der Waals surface area (Å²) in [6.07, 6.45) is 3.38. The Labute approximate surface area is 150 Å². The van der Waals surface area contributed by atoms with E-state index in [4.69, 9.17) is 9.15 Å². The van der Waals surface area contributed by atoms with Crippen LogP contribution in [0.25, 0.3) is 0 Å². The minimum atomic E-state index is -0.138. The molecule has 0 aromatic carbocycles. The number of hydrogen-bond acceptors (Lipinski definition) is 6. The molecule has 0 unspecified atom stereocenters. The van der Waals surface area contributed by atoms with Gasteiger partial charge in [-0.1, -0.05) is 6.07 Å². The zero-order valence-electron chi connectivity index (χ0n) is 14.7. The van der Waals surface area contributed by atoms with Crippen LogP contribution in [-0.2, 0) is 26.6 Å². The molecule has 1 amide bonds. The number of ether oxygens (including phenoxy) is 1. The quantitative estimate of drug-likeness (QED) is 0.712. The summed E-state index contributed by atoms with van der Waals surface area (Å²) in [5.41, 5.74) is 4.20. The van der Waals surface area contributed by atoms with E-state index >= 15 is 0 Å². The summed E-state index contributed by atoms with van der Waals surface area (Å²) < 4.78 is 12.6. The van der Waals surface area contributed by atoms with E-state index in [0.29, 0.717) is 31.3 Å². The van der Waals surface area contributed by atoms with Crippen LogP contribution < -0.4 is 4.74 Å². The van der Waals surface area contributed by atoms with E-state index in [1.54, 1.807) is 4.90 Å². The topological polar surface area (TPSA) is 86.3 Å². The highest BCUT2D eigenvalue weighted by Crippen LogP contribution is 2.24. The molecule has 3 aromatic rings. The number of fused-ring (bicyclic) bond motifs is 1. The number of amides is 1. The molecule has 134 valence electrons. The van der Waals surface area contributed by atoms with Crippen LogP contribution in [0.5, 0.6) is 5.88 Å². The maximum atomic E-state index is 12.5. The van der Waals surface area contributed by atoms with E-state index in [9.17, 15) is 4.79 Å². The van der Waals surface area contributed by atoms with Gasteiger partial charge in [0.2, 0.25) is 5.88 Å². The van der Waals surface area contributed by atoms with Crippen LogP contribution in [0.4, 0.5) is 0 Å². The minimum absolute atomic E-state index is 0.138. The summed E-state index contributed by atoms with van der Waals surface area (Å²) in [7, 11) is 1.92. The molecule has 0 fully saturated rings. The van der Waals surface area contributed by atoms with Gasteiger partial charge in [0.25, 0.3) is 5.91 Å². The van der Waals surface area contributed by atoms with Crippen molar-refractivity contribution in [3.63, 3.8) is 0 Å². The Morgan fingerprint density at radius 3 is 3.04 bits per heavy atom. The highest BCUT2D eigenvalue weighted by molar-refractivity contribution is 5.92. The summed E-state index contributed by atoms with van der Waals surface area (Å²) in [6.45, 7) is 3.33. The van der Waals surface area contributed by atoms with Crippen molar-refractivity contribution in [1.29, 1.82) is 0 Å². The van der Waals surface area contributed by atoms with Gasteiger partial charge in [-0.25, -0.2) is 9.97 Å². The van der Waals surface area contributed by atoms with Gasteiger partial charge in [-0.3, -0.25) is 9.48 Å². The number of hydrogen-bond donors (Lipinski definition) is 0. The number of rotatable bonds is 4. The molecular formula is C18H19N5O3. The highest BCUT2D eigenvalue weighted by Gasteiger charge is 2.28. The van der Waals surface area contributed by atoms with Gasteiger partial charge in [-0.05, 0) is 13.0 Å². The molecule has 0 radical (unpaired) electrons. The zero-order valence-corrected chi connectivity index (χ0v) is 14.7. The van der Waals surface area contributed by atoms with Crippen molar-refractivity contribution in [2.45, 2.75) is 26.5 Å². The molecule has 0 saturated heterocycles. The van der Waals surface area contributed by atoms with Gasteiger partial charge >= 0.3 is 0 Å². The maximum Gasteiger partial charge on any atom is 0.276 e. The van der Waals surface area contributed by atoms with E-state index in [1.807, 2.05) is 36.9 Å². The molecule has 1 aliphatic heterocycles. The molecule has 0 spiro atoms. The predicted molar refractivity (Wildman–Crippen MR) is 91.5 cm³/mol. The third-order valence-electron chi connectivity index (χ3n) is 4.48. The fraction of sp³-hybridized carbons (Fsp3) is 0.333. The van der Waals surface area contributed by atoms with Crippen molar-refractivity contribution in [3.8, 4) is 5.88 Å². The summed E-state index contributed by atoms with van der Waals surface area (Å²) in [5, 5.41) is 4.58. The van der Waals surface area contributed by atoms with Crippen molar-refractivity contribution in [3.05, 3.63) is 59.2 Å². The fourth-order valence-electron chi connectivity index (χ4n) is 3.18. The number of nitrogens with zero attached hydrogens (tertiary/aromatic N) is 5. The number of carbonyl (C=O) groups excluding carboxylic acids is 1. The van der Waals surface area contributed by atoms with Gasteiger partial charge in [0.15, 0.2) is 12.1 Å². The standard InChI is InChI=1S/C18H19N5O3/c1-12-4-3-5-17(20-12)26-10-14-13-8-23(7-6-16(13)22(2)21-14)18(24)15-9-25-11-19-15/h3-5,9,11H,6-8,10H2,1-2H3. The Morgan fingerprint density at radius 1 is 1.38 bits per heavy atom. The highest BCUT2D eigenvalue weighted by atomic mass is 16.5. The van der Waals surface area contributed by atoms with Crippen LogP contribution in [-0.4, -0.2) is 37.1 Å². The SMILES string of the molecule is Cc1cccc(OCc2nn(C)c3c2CN(C(=O)c2cocn2)CC3)n1. The molecule has 0 atom stereocenters. The first-order valence-corrected chi connectivity index (χ1v) is 8.39. The molecule has 26 heavy (non-hydrogen) atoms. The number of pyridine rings is 1. The first-order chi connectivity index (χ1) is 12.6. The third kappa shape index (κ3) is 3.05. The maximum absolute atomic E-state index is 12.5. The van der Waals surface area contributed by atoms with Crippen LogP contribution in [0.15, 0.2) is 35.3 Å². The van der Waals surface area contributed by atoms with E-state index in [-0.39, 0.29) is 5.91 Å². The number of carbonyl (C=O) groups is 1. The van der Waals surface area contributed by atoms with Gasteiger partial charge in [-0.15, -0.1) is 0 Å². The normalized spacial score (nSPS) is 13.5. The number of aryl methyl sites for hydroxylation is 2. The van der Waals surface area contributed by atoms with Crippen LogP contribution in [0.3, 0.4) is 0 Å². The van der Waals surface area contributed by atoms with Crippen LogP contribution in [0.1, 0.15) is 33.1 Å². The van der Waals surface area contributed by atoms with E-state index in [0.717, 1.165) is 29.1 Å². The predicted octanol–water partition coefficient (Wildman–Crippen LogP) is 1.89. The fourth-order valence-corrected chi connectivity index (χ4v) is 3.18. The molecule has 3 aromatic heterocycles. The molecule has 8 nitrogen and oxygen atoms in total. The smallest absolute Gasteiger partial charge is 0.276 e. The Bertz CT molecular complexity index is 932. The molecule has 4 heterocycles. The second-order valence-electron chi connectivity index (χ2n) is 6.25. The van der Waals surface area contributed by atoms with E-state index in [1.165, 1.54) is 12.7 Å². The lowest BCUT2D eigenvalue weighted by atomic mass is 10.0. The molecule has 0 saturated carbocycles. The van der Waals surface area contributed by atoms with Crippen LogP contribution >= 0.6 is 0 Å². The average molecular weight is 353 g/mol. The van der Waals surface area contributed by atoms with E-state index < -0.39 is 0 Å². The van der Waals surface area contributed by atoms with Crippen LogP contribution in [0, 0.1) is 6.92 Å². The second kappa shape index (κ2) is 6.62. The van der Waals surface area contributed by atoms with E-state index in [2.05, 4.69) is 15.1 Å². The average Bonchev–Trinajstić information content (AvgIpc) is 3.28. The summed E-state index contributed by atoms with van der Waals surface area (Å²) in [5.74, 6) is 0.427. The zero-order chi connectivity index (χ0) is 18.1. The summed E-state index contributed by atoms with van der Waals surface area (Å²) in [4.78, 5) is 22.6. The molecule has 0 aliphatic carbocycles. The third-order valence-corrected chi connectivity index (χ3v) is 4.48. The lowest BCUT2D eigenvalue weighted by Crippen LogP contribution is -2.36. The van der Waals surface area contributed by atoms with Gasteiger partial charge in [0.05, 0.1) is 0 Å². The summed E-state index contributed by atoms with van der Waals surface area (Å²) in [6, 6.07) is 5.65. The Balaban J connectivity index is 1.53.